The van der Waals surface area contributed by atoms with Crippen LogP contribution in [0.3, 0.4) is 0 Å². The van der Waals surface area contributed by atoms with Crippen LogP contribution < -0.4 is 0 Å². The number of carbonyl (C=O) groups excluding carboxylic acids is 1. The molecule has 1 aromatic carbocycles. The summed E-state index contributed by atoms with van der Waals surface area (Å²) in [6, 6.07) is 8.10. The topological polar surface area (TPSA) is 48.3 Å². The van der Waals surface area contributed by atoms with Crippen LogP contribution >= 0.6 is 0 Å². The molecule has 3 aliphatic rings. The van der Waals surface area contributed by atoms with E-state index < -0.39 is 0 Å². The summed E-state index contributed by atoms with van der Waals surface area (Å²) in [5.41, 5.74) is 2.26. The minimum atomic E-state index is 0.00630. The van der Waals surface area contributed by atoms with Crippen LogP contribution in [0.2, 0.25) is 0 Å². The molecule has 5 nitrogen and oxygen atoms in total. The fourth-order valence-corrected chi connectivity index (χ4v) is 2.80. The molecule has 1 atom stereocenters. The van der Waals surface area contributed by atoms with E-state index in [4.69, 9.17) is 0 Å². The molecule has 1 aromatic rings. The summed E-state index contributed by atoms with van der Waals surface area (Å²) in [5, 5.41) is 6.34. The first-order chi connectivity index (χ1) is 8.84. The number of guanidine groups is 1. The van der Waals surface area contributed by atoms with E-state index in [2.05, 4.69) is 16.2 Å². The van der Waals surface area contributed by atoms with Gasteiger partial charge in [-0.2, -0.15) is 5.10 Å². The molecule has 18 heavy (non-hydrogen) atoms. The van der Waals surface area contributed by atoms with E-state index in [9.17, 15) is 4.79 Å². The lowest BCUT2D eigenvalue weighted by Crippen LogP contribution is -2.51. The molecule has 0 radical (unpaired) electrons. The van der Waals surface area contributed by atoms with E-state index in [1.54, 1.807) is 4.90 Å². The maximum Gasteiger partial charge on any atom is 0.231 e. The Labute approximate surface area is 104 Å². The summed E-state index contributed by atoms with van der Waals surface area (Å²) >= 11 is 0. The van der Waals surface area contributed by atoms with Gasteiger partial charge in [-0.3, -0.25) is 9.69 Å². The van der Waals surface area contributed by atoms with Crippen molar-refractivity contribution in [2.45, 2.75) is 12.5 Å². The van der Waals surface area contributed by atoms with E-state index in [1.807, 2.05) is 29.4 Å². The fourth-order valence-electron chi connectivity index (χ4n) is 2.80. The van der Waals surface area contributed by atoms with Crippen molar-refractivity contribution in [3.05, 3.63) is 35.4 Å². The van der Waals surface area contributed by atoms with Crippen molar-refractivity contribution < 1.29 is 4.79 Å². The van der Waals surface area contributed by atoms with Gasteiger partial charge in [-0.25, -0.2) is 10.0 Å². The Morgan fingerprint density at radius 2 is 2.17 bits per heavy atom. The first-order valence-corrected chi connectivity index (χ1v) is 6.11. The average molecular weight is 240 g/mol. The molecule has 0 N–H and O–H groups in total. The first-order valence-electron chi connectivity index (χ1n) is 6.11. The Morgan fingerprint density at radius 1 is 1.28 bits per heavy atom. The Morgan fingerprint density at radius 3 is 3.11 bits per heavy atom. The number of carbonyl (C=O) groups is 1. The third-order valence-corrected chi connectivity index (χ3v) is 3.66. The average Bonchev–Trinajstić information content (AvgIpc) is 2.89. The largest absolute Gasteiger partial charge is 0.279 e. The summed E-state index contributed by atoms with van der Waals surface area (Å²) in [6.07, 6.45) is 2.33. The minimum Gasteiger partial charge on any atom is -0.279 e. The van der Waals surface area contributed by atoms with Gasteiger partial charge in [-0.1, -0.05) is 24.3 Å². The predicted molar refractivity (Wildman–Crippen MR) is 67.2 cm³/mol. The van der Waals surface area contributed by atoms with Crippen LogP contribution in [0.15, 0.2) is 34.4 Å². The second-order valence-corrected chi connectivity index (χ2v) is 4.67. The van der Waals surface area contributed by atoms with E-state index in [0.29, 0.717) is 25.5 Å². The highest BCUT2D eigenvalue weighted by Crippen LogP contribution is 2.35. The van der Waals surface area contributed by atoms with Gasteiger partial charge in [0.05, 0.1) is 25.2 Å². The maximum atomic E-state index is 12.1. The lowest BCUT2D eigenvalue weighted by Gasteiger charge is -2.39. The second kappa shape index (κ2) is 3.41. The molecule has 0 saturated carbocycles. The predicted octanol–water partition coefficient (Wildman–Crippen LogP) is 0.979. The molecule has 90 valence electrons. The van der Waals surface area contributed by atoms with Gasteiger partial charge in [0, 0.05) is 6.54 Å². The van der Waals surface area contributed by atoms with Crippen LogP contribution in [0.4, 0.5) is 0 Å². The zero-order chi connectivity index (χ0) is 12.1. The standard InChI is InChI=1S/C13H12N4O/c18-12-7-11-10-4-2-1-3-9(10)8-15-17(11)13-14-5-6-16(12)13/h1-4,8,11H,5-7H2. The molecule has 5 heteroatoms. The van der Waals surface area contributed by atoms with Gasteiger partial charge in [0.1, 0.15) is 0 Å². The Hall–Kier alpha value is -2.17. The van der Waals surface area contributed by atoms with Crippen molar-refractivity contribution in [2.75, 3.05) is 13.1 Å². The zero-order valence-electron chi connectivity index (χ0n) is 9.78. The molecule has 0 spiro atoms. The summed E-state index contributed by atoms with van der Waals surface area (Å²) in [4.78, 5) is 18.2. The van der Waals surface area contributed by atoms with Crippen molar-refractivity contribution in [1.29, 1.82) is 0 Å². The highest BCUT2D eigenvalue weighted by molar-refractivity contribution is 6.02. The van der Waals surface area contributed by atoms with Crippen molar-refractivity contribution in [1.82, 2.24) is 9.91 Å². The van der Waals surface area contributed by atoms with Crippen LogP contribution in [0, 0.1) is 0 Å². The van der Waals surface area contributed by atoms with Gasteiger partial charge in [0.15, 0.2) is 0 Å². The Kier molecular flexibility index (Phi) is 1.86. The molecule has 0 aromatic heterocycles. The molecule has 1 amide bonds. The Balaban J connectivity index is 1.84. The van der Waals surface area contributed by atoms with Crippen LogP contribution in [0.5, 0.6) is 0 Å². The fraction of sp³-hybridized carbons (Fsp3) is 0.308. The smallest absolute Gasteiger partial charge is 0.231 e. The van der Waals surface area contributed by atoms with Gasteiger partial charge >= 0.3 is 0 Å². The van der Waals surface area contributed by atoms with Crippen LogP contribution in [0.1, 0.15) is 23.6 Å². The number of hydrogen-bond acceptors (Lipinski definition) is 4. The quantitative estimate of drug-likeness (QED) is 0.678. The number of hydrogen-bond donors (Lipinski definition) is 0. The maximum absolute atomic E-state index is 12.1. The number of aliphatic imine (C=N–C) groups is 1. The molecule has 1 fully saturated rings. The molecule has 3 aliphatic heterocycles. The molecule has 3 heterocycles. The van der Waals surface area contributed by atoms with E-state index >= 15 is 0 Å². The van der Waals surface area contributed by atoms with E-state index in [1.165, 1.54) is 0 Å². The number of amides is 1. The number of hydrazone groups is 1. The lowest BCUT2D eigenvalue weighted by molar-refractivity contribution is -0.130. The van der Waals surface area contributed by atoms with Crippen LogP contribution in [0.25, 0.3) is 0 Å². The number of fused-ring (bicyclic) bond motifs is 5. The zero-order valence-corrected chi connectivity index (χ0v) is 9.78. The molecular formula is C13H12N4O. The van der Waals surface area contributed by atoms with Crippen molar-refractivity contribution in [3.63, 3.8) is 0 Å². The third kappa shape index (κ3) is 1.19. The molecule has 0 bridgehead atoms. The van der Waals surface area contributed by atoms with Gasteiger partial charge < -0.3 is 0 Å². The molecule has 0 aliphatic carbocycles. The number of benzene rings is 1. The summed E-state index contributed by atoms with van der Waals surface area (Å²) in [5.74, 6) is 0.862. The highest BCUT2D eigenvalue weighted by atomic mass is 16.2. The van der Waals surface area contributed by atoms with Crippen LogP contribution in [-0.4, -0.2) is 41.1 Å². The monoisotopic (exact) mass is 240 g/mol. The summed E-state index contributed by atoms with van der Waals surface area (Å²) in [7, 11) is 0. The summed E-state index contributed by atoms with van der Waals surface area (Å²) in [6.45, 7) is 1.37. The van der Waals surface area contributed by atoms with Gasteiger partial charge in [0.2, 0.25) is 11.9 Å². The molecular weight excluding hydrogens is 228 g/mol. The van der Waals surface area contributed by atoms with E-state index in [0.717, 1.165) is 11.1 Å². The van der Waals surface area contributed by atoms with Crippen LogP contribution in [-0.2, 0) is 4.79 Å². The van der Waals surface area contributed by atoms with Gasteiger partial charge in [0.25, 0.3) is 0 Å². The molecule has 1 saturated heterocycles. The first kappa shape index (κ1) is 9.82. The second-order valence-electron chi connectivity index (χ2n) is 4.67. The van der Waals surface area contributed by atoms with Crippen molar-refractivity contribution >= 4 is 18.1 Å². The highest BCUT2D eigenvalue weighted by Gasteiger charge is 2.41. The molecule has 1 unspecified atom stereocenters. The number of rotatable bonds is 0. The van der Waals surface area contributed by atoms with Gasteiger partial charge in [-0.15, -0.1) is 0 Å². The van der Waals surface area contributed by atoms with E-state index in [-0.39, 0.29) is 11.9 Å². The van der Waals surface area contributed by atoms with Crippen molar-refractivity contribution in [3.8, 4) is 0 Å². The SMILES string of the molecule is O=C1CC2c3ccccc3C=NN2C2=NCCN12. The van der Waals surface area contributed by atoms with Crippen molar-refractivity contribution in [2.24, 2.45) is 10.1 Å². The summed E-state index contributed by atoms with van der Waals surface area (Å²) < 4.78 is 0. The van der Waals surface area contributed by atoms with Gasteiger partial charge in [-0.05, 0) is 11.1 Å². The Bertz CT molecular complexity index is 592. The normalized spacial score (nSPS) is 24.6. The molecule has 4 rings (SSSR count). The number of nitrogens with zero attached hydrogens (tertiary/aromatic N) is 4. The lowest BCUT2D eigenvalue weighted by atomic mass is 9.95. The minimum absolute atomic E-state index is 0.00630. The third-order valence-electron chi connectivity index (χ3n) is 3.66.